The van der Waals surface area contributed by atoms with Crippen molar-refractivity contribution >= 4 is 56.9 Å². The second-order valence-corrected chi connectivity index (χ2v) is 5.50. The highest BCUT2D eigenvalue weighted by Crippen LogP contribution is 2.38. The van der Waals surface area contributed by atoms with Gasteiger partial charge in [0, 0.05) is 18.2 Å². The average Bonchev–Trinajstić information content (AvgIpc) is 1.98. The lowest BCUT2D eigenvalue weighted by atomic mass is 10.4. The van der Waals surface area contributed by atoms with Crippen molar-refractivity contribution < 1.29 is 0 Å². The lowest BCUT2D eigenvalue weighted by Crippen LogP contribution is -1.86. The van der Waals surface area contributed by atoms with Gasteiger partial charge in [0.2, 0.25) is 0 Å². The molecule has 0 nitrogen and oxygen atoms in total. The summed E-state index contributed by atoms with van der Waals surface area (Å²) < 4.78 is 3.09. The molecule has 0 aromatic heterocycles. The summed E-state index contributed by atoms with van der Waals surface area (Å²) in [6, 6.07) is 0. The van der Waals surface area contributed by atoms with Crippen molar-refractivity contribution in [3.63, 3.8) is 0 Å². The van der Waals surface area contributed by atoms with Crippen molar-refractivity contribution in [3.8, 4) is 0 Å². The summed E-state index contributed by atoms with van der Waals surface area (Å²) in [7, 11) is 0. The third-order valence-corrected chi connectivity index (χ3v) is 6.79. The van der Waals surface area contributed by atoms with Gasteiger partial charge in [-0.3, -0.25) is 0 Å². The predicted molar refractivity (Wildman–Crippen MR) is 57.0 cm³/mol. The van der Waals surface area contributed by atoms with Crippen molar-refractivity contribution in [2.45, 2.75) is 12.2 Å². The van der Waals surface area contributed by atoms with E-state index >= 15 is 0 Å². The first-order chi connectivity index (χ1) is 3.72. The molecule has 0 fully saturated rings. The maximum Gasteiger partial charge on any atom is 0.0338 e. The molecule has 0 amide bonds. The normalized spacial score (nSPS) is 29.6. The molecule has 0 saturated carbocycles. The zero-order chi connectivity index (χ0) is 6.15. The molecule has 46 valence electrons. The summed E-state index contributed by atoms with van der Waals surface area (Å²) in [6.07, 6.45) is 0. The quantitative estimate of drug-likeness (QED) is 0.604. The molecule has 0 spiro atoms. The molecular weight excluding hydrogens is 346 g/mol. The molecule has 1 aliphatic rings. The highest BCUT2D eigenvalue weighted by molar-refractivity contribution is 14.1. The van der Waals surface area contributed by atoms with Gasteiger partial charge in [-0.15, -0.1) is 11.8 Å². The minimum absolute atomic E-state index is 0.766. The van der Waals surface area contributed by atoms with E-state index in [0.29, 0.717) is 0 Å². The third kappa shape index (κ3) is 1.53. The SMILES string of the molecule is CC1SCC(I)=C1I. The van der Waals surface area contributed by atoms with Crippen LogP contribution >= 0.6 is 56.9 Å². The van der Waals surface area contributed by atoms with E-state index in [9.17, 15) is 0 Å². The van der Waals surface area contributed by atoms with E-state index < -0.39 is 0 Å². The zero-order valence-electron chi connectivity index (χ0n) is 4.45. The maximum absolute atomic E-state index is 2.44. The van der Waals surface area contributed by atoms with Gasteiger partial charge >= 0.3 is 0 Å². The van der Waals surface area contributed by atoms with Crippen LogP contribution in [0.4, 0.5) is 0 Å². The van der Waals surface area contributed by atoms with Gasteiger partial charge in [-0.2, -0.15) is 0 Å². The largest absolute Gasteiger partial charge is 0.148 e. The molecule has 1 aliphatic heterocycles. The molecule has 0 aromatic carbocycles. The topological polar surface area (TPSA) is 0 Å². The first-order valence-corrected chi connectivity index (χ1v) is 5.58. The Morgan fingerprint density at radius 3 is 2.38 bits per heavy atom. The monoisotopic (exact) mass is 352 g/mol. The molecule has 0 bridgehead atoms. The summed E-state index contributed by atoms with van der Waals surface area (Å²) >= 11 is 6.88. The zero-order valence-corrected chi connectivity index (χ0v) is 9.58. The van der Waals surface area contributed by atoms with Gasteiger partial charge in [-0.05, 0) is 52.1 Å². The van der Waals surface area contributed by atoms with Crippen LogP contribution in [0.1, 0.15) is 6.92 Å². The van der Waals surface area contributed by atoms with E-state index in [1.807, 2.05) is 11.8 Å². The Balaban J connectivity index is 2.71. The minimum atomic E-state index is 0.766. The van der Waals surface area contributed by atoms with Gasteiger partial charge in [0.15, 0.2) is 0 Å². The Morgan fingerprint density at radius 2 is 2.25 bits per heavy atom. The van der Waals surface area contributed by atoms with Gasteiger partial charge < -0.3 is 0 Å². The van der Waals surface area contributed by atoms with Crippen molar-refractivity contribution in [2.24, 2.45) is 0 Å². The van der Waals surface area contributed by atoms with E-state index in [1.54, 1.807) is 7.16 Å². The number of hydrogen-bond donors (Lipinski definition) is 0. The predicted octanol–water partition coefficient (Wildman–Crippen LogP) is 3.20. The van der Waals surface area contributed by atoms with Crippen molar-refractivity contribution in [3.05, 3.63) is 7.16 Å². The average molecular weight is 352 g/mol. The molecular formula is C5H6I2S. The van der Waals surface area contributed by atoms with Gasteiger partial charge in [-0.25, -0.2) is 0 Å². The first-order valence-electron chi connectivity index (χ1n) is 2.37. The maximum atomic E-state index is 2.44. The Labute approximate surface area is 81.2 Å². The molecule has 0 saturated heterocycles. The van der Waals surface area contributed by atoms with Crippen LogP contribution in [0.5, 0.6) is 0 Å². The smallest absolute Gasteiger partial charge is 0.0338 e. The second-order valence-electron chi connectivity index (χ2n) is 1.71. The Bertz CT molecular complexity index is 130. The standard InChI is InChI=1S/C5H6I2S/c1-3-5(7)4(6)2-8-3/h3H,2H2,1H3. The van der Waals surface area contributed by atoms with Crippen LogP contribution in [0.3, 0.4) is 0 Å². The van der Waals surface area contributed by atoms with Crippen LogP contribution in [0, 0.1) is 0 Å². The number of rotatable bonds is 0. The second kappa shape index (κ2) is 3.09. The van der Waals surface area contributed by atoms with Crippen LogP contribution in [0.25, 0.3) is 0 Å². The molecule has 0 N–H and O–H groups in total. The summed E-state index contributed by atoms with van der Waals surface area (Å²) in [6.45, 7) is 2.26. The fourth-order valence-corrected chi connectivity index (χ4v) is 3.61. The van der Waals surface area contributed by atoms with Crippen LogP contribution in [-0.4, -0.2) is 11.0 Å². The summed E-state index contributed by atoms with van der Waals surface area (Å²) in [5.74, 6) is 1.24. The van der Waals surface area contributed by atoms with E-state index in [2.05, 4.69) is 52.1 Å². The van der Waals surface area contributed by atoms with Crippen LogP contribution in [0.15, 0.2) is 7.16 Å². The highest BCUT2D eigenvalue weighted by Gasteiger charge is 2.17. The van der Waals surface area contributed by atoms with Crippen LogP contribution in [-0.2, 0) is 0 Å². The number of hydrogen-bond acceptors (Lipinski definition) is 1. The van der Waals surface area contributed by atoms with Crippen LogP contribution in [0.2, 0.25) is 0 Å². The molecule has 1 atom stereocenters. The third-order valence-electron chi connectivity index (χ3n) is 1.08. The molecule has 1 unspecified atom stereocenters. The van der Waals surface area contributed by atoms with Gasteiger partial charge in [0.05, 0.1) is 0 Å². The van der Waals surface area contributed by atoms with E-state index in [4.69, 9.17) is 0 Å². The Kier molecular flexibility index (Phi) is 2.96. The molecule has 8 heavy (non-hydrogen) atoms. The molecule has 1 rings (SSSR count). The minimum Gasteiger partial charge on any atom is -0.148 e. The van der Waals surface area contributed by atoms with Crippen molar-refractivity contribution in [1.82, 2.24) is 0 Å². The Morgan fingerprint density at radius 1 is 1.62 bits per heavy atom. The molecule has 0 radical (unpaired) electrons. The van der Waals surface area contributed by atoms with Crippen molar-refractivity contribution in [1.29, 1.82) is 0 Å². The lowest BCUT2D eigenvalue weighted by molar-refractivity contribution is 1.26. The summed E-state index contributed by atoms with van der Waals surface area (Å²) in [5, 5.41) is 0.766. The fourth-order valence-electron chi connectivity index (χ4n) is 0.561. The number of thioether (sulfide) groups is 1. The van der Waals surface area contributed by atoms with Gasteiger partial charge in [-0.1, -0.05) is 0 Å². The number of halogens is 2. The van der Waals surface area contributed by atoms with E-state index in [0.717, 1.165) is 5.25 Å². The molecule has 3 heteroatoms. The van der Waals surface area contributed by atoms with Gasteiger partial charge in [0.25, 0.3) is 0 Å². The first kappa shape index (κ1) is 7.65. The fraction of sp³-hybridized carbons (Fsp3) is 0.600. The molecule has 1 heterocycles. The Hall–Kier alpha value is 1.55. The lowest BCUT2D eigenvalue weighted by Gasteiger charge is -1.96. The van der Waals surface area contributed by atoms with Crippen molar-refractivity contribution in [2.75, 3.05) is 5.75 Å². The highest BCUT2D eigenvalue weighted by atomic mass is 127. The molecule has 0 aliphatic carbocycles. The summed E-state index contributed by atoms with van der Waals surface area (Å²) in [5.41, 5.74) is 0. The van der Waals surface area contributed by atoms with Gasteiger partial charge in [0.1, 0.15) is 0 Å². The van der Waals surface area contributed by atoms with E-state index in [1.165, 1.54) is 5.75 Å². The summed E-state index contributed by atoms with van der Waals surface area (Å²) in [4.78, 5) is 0. The molecule has 0 aromatic rings. The van der Waals surface area contributed by atoms with Crippen LogP contribution < -0.4 is 0 Å². The van der Waals surface area contributed by atoms with E-state index in [-0.39, 0.29) is 0 Å².